The molecule has 0 unspecified atom stereocenters. The molecule has 0 radical (unpaired) electrons. The number of hydroxylamine groups is 2. The quantitative estimate of drug-likeness (QED) is 0.649. The van der Waals surface area contributed by atoms with Crippen molar-refractivity contribution in [2.24, 2.45) is 0 Å². The van der Waals surface area contributed by atoms with E-state index in [2.05, 4.69) is 0 Å². The monoisotopic (exact) mass is 372 g/mol. The number of carbonyl (C=O) groups is 1. The Labute approximate surface area is 147 Å². The maximum Gasteiger partial charge on any atom is 0.265 e. The Bertz CT molecular complexity index is 699. The molecule has 0 aromatic heterocycles. The summed E-state index contributed by atoms with van der Waals surface area (Å²) in [5, 5.41) is 10.1. The zero-order chi connectivity index (χ0) is 18.1. The summed E-state index contributed by atoms with van der Waals surface area (Å²) in [4.78, 5) is 12.7. The summed E-state index contributed by atoms with van der Waals surface area (Å²) in [6.07, 6.45) is 0.651. The van der Waals surface area contributed by atoms with Gasteiger partial charge in [0.05, 0.1) is 4.90 Å². The Morgan fingerprint density at radius 1 is 1.33 bits per heavy atom. The molecule has 1 aromatic carbocycles. The van der Waals surface area contributed by atoms with Crippen LogP contribution >= 0.6 is 11.8 Å². The molecule has 0 aliphatic carbocycles. The van der Waals surface area contributed by atoms with E-state index in [4.69, 9.17) is 0 Å². The van der Waals surface area contributed by atoms with Gasteiger partial charge in [0.15, 0.2) is 0 Å². The Balaban J connectivity index is 2.53. The molecule has 1 aliphatic rings. The third-order valence-corrected chi connectivity index (χ3v) is 7.46. The van der Waals surface area contributed by atoms with Crippen LogP contribution in [0.5, 0.6) is 0 Å². The van der Waals surface area contributed by atoms with Gasteiger partial charge in [-0.1, -0.05) is 17.7 Å². The first kappa shape index (κ1) is 19.2. The second-order valence-corrected chi connectivity index (χ2v) is 10.1. The van der Waals surface area contributed by atoms with Crippen LogP contribution in [-0.4, -0.2) is 59.0 Å². The Kier molecular flexibility index (Phi) is 5.64. The number of aryl methyl sites for hydroxylation is 1. The van der Waals surface area contributed by atoms with Gasteiger partial charge in [-0.25, -0.2) is 13.5 Å². The number of likely N-dealkylation sites (N-methyl/N-ethyl adjacent to an activating group) is 1. The van der Waals surface area contributed by atoms with E-state index in [1.165, 1.54) is 11.4 Å². The number of sulfonamides is 1. The highest BCUT2D eigenvalue weighted by Gasteiger charge is 2.47. The normalized spacial score (nSPS) is 22.0. The molecule has 24 heavy (non-hydrogen) atoms. The van der Waals surface area contributed by atoms with E-state index in [1.807, 2.05) is 20.8 Å². The molecule has 0 saturated carbocycles. The lowest BCUT2D eigenvalue weighted by Gasteiger charge is -2.38. The second kappa shape index (κ2) is 7.03. The van der Waals surface area contributed by atoms with Crippen LogP contribution < -0.4 is 0 Å². The molecule has 1 aliphatic heterocycles. The number of rotatable bonds is 3. The van der Waals surface area contributed by atoms with Crippen LogP contribution in [0.3, 0.4) is 0 Å². The molecular formula is C16H24N2O4S2. The molecular weight excluding hydrogens is 348 g/mol. The lowest BCUT2D eigenvalue weighted by Crippen LogP contribution is -2.57. The summed E-state index contributed by atoms with van der Waals surface area (Å²) in [6, 6.07) is 5.62. The molecule has 134 valence electrons. The molecule has 1 aromatic rings. The zero-order valence-electron chi connectivity index (χ0n) is 14.4. The number of carbonyl (C=O) groups excluding carboxylic acids is 1. The first-order valence-electron chi connectivity index (χ1n) is 7.76. The summed E-state index contributed by atoms with van der Waals surface area (Å²) >= 11 is 1.55. The van der Waals surface area contributed by atoms with E-state index >= 15 is 0 Å². The van der Waals surface area contributed by atoms with Gasteiger partial charge in [-0.15, -0.1) is 0 Å². The smallest absolute Gasteiger partial charge is 0.265 e. The number of amides is 1. The van der Waals surface area contributed by atoms with Crippen LogP contribution in [0.15, 0.2) is 29.2 Å². The van der Waals surface area contributed by atoms with Crippen molar-refractivity contribution < 1.29 is 18.4 Å². The van der Waals surface area contributed by atoms with Crippen LogP contribution in [-0.2, 0) is 14.8 Å². The van der Waals surface area contributed by atoms with E-state index < -0.39 is 26.7 Å². The molecule has 1 fully saturated rings. The zero-order valence-corrected chi connectivity index (χ0v) is 16.0. The molecule has 1 N–H and O–H groups in total. The molecule has 1 saturated heterocycles. The predicted octanol–water partition coefficient (Wildman–Crippen LogP) is 2.12. The van der Waals surface area contributed by atoms with Gasteiger partial charge >= 0.3 is 0 Å². The van der Waals surface area contributed by atoms with Crippen molar-refractivity contribution in [2.75, 3.05) is 19.3 Å². The molecule has 1 heterocycles. The average Bonchev–Trinajstić information content (AvgIpc) is 2.65. The number of benzene rings is 1. The van der Waals surface area contributed by atoms with E-state index in [0.717, 1.165) is 11.3 Å². The Hall–Kier alpha value is -1.09. The first-order chi connectivity index (χ1) is 11.1. The van der Waals surface area contributed by atoms with Crippen LogP contribution in [0.4, 0.5) is 0 Å². The fraction of sp³-hybridized carbons (Fsp3) is 0.562. The number of nitrogens with zero attached hydrogens (tertiary/aromatic N) is 2. The standard InChI is InChI=1S/C16H24N2O4S2/c1-12-6-8-13(9-7-12)24(21,22)18-10-5-11-23-16(2,3)14(18)15(19)17(4)20/h6-9,14,20H,5,10-11H2,1-4H3/t14-/m0/s1. The minimum atomic E-state index is -3.84. The lowest BCUT2D eigenvalue weighted by molar-refractivity contribution is -0.164. The minimum Gasteiger partial charge on any atom is -0.286 e. The van der Waals surface area contributed by atoms with Crippen molar-refractivity contribution >= 4 is 27.7 Å². The van der Waals surface area contributed by atoms with E-state index in [9.17, 15) is 18.4 Å². The van der Waals surface area contributed by atoms with Crippen molar-refractivity contribution in [3.63, 3.8) is 0 Å². The molecule has 0 bridgehead atoms. The van der Waals surface area contributed by atoms with Gasteiger partial charge in [0.2, 0.25) is 10.0 Å². The van der Waals surface area contributed by atoms with Gasteiger partial charge in [-0.05, 0) is 45.1 Å². The summed E-state index contributed by atoms with van der Waals surface area (Å²) in [5.41, 5.74) is 0.961. The molecule has 6 nitrogen and oxygen atoms in total. The molecule has 8 heteroatoms. The number of thioether (sulfide) groups is 1. The van der Waals surface area contributed by atoms with Crippen molar-refractivity contribution in [2.45, 2.75) is 42.9 Å². The van der Waals surface area contributed by atoms with Crippen molar-refractivity contribution in [1.29, 1.82) is 0 Å². The SMILES string of the molecule is Cc1ccc(S(=O)(=O)N2CCCSC(C)(C)[C@@H]2C(=O)N(C)O)cc1. The molecule has 1 atom stereocenters. The maximum absolute atomic E-state index is 13.1. The number of hydrogen-bond acceptors (Lipinski definition) is 5. The van der Waals surface area contributed by atoms with Crippen LogP contribution in [0.2, 0.25) is 0 Å². The van der Waals surface area contributed by atoms with Gasteiger partial charge in [0.25, 0.3) is 5.91 Å². The van der Waals surface area contributed by atoms with E-state index in [0.29, 0.717) is 11.5 Å². The minimum absolute atomic E-state index is 0.161. The molecule has 2 rings (SSSR count). The van der Waals surface area contributed by atoms with E-state index in [-0.39, 0.29) is 11.4 Å². The van der Waals surface area contributed by atoms with Gasteiger partial charge in [0.1, 0.15) is 6.04 Å². The lowest BCUT2D eigenvalue weighted by atomic mass is 10.0. The van der Waals surface area contributed by atoms with Gasteiger partial charge in [-0.2, -0.15) is 16.1 Å². The molecule has 1 amide bonds. The van der Waals surface area contributed by atoms with Gasteiger partial charge < -0.3 is 0 Å². The van der Waals surface area contributed by atoms with Gasteiger partial charge in [0, 0.05) is 18.3 Å². The van der Waals surface area contributed by atoms with E-state index in [1.54, 1.807) is 36.0 Å². The third-order valence-electron chi connectivity index (χ3n) is 4.12. The van der Waals surface area contributed by atoms with Crippen molar-refractivity contribution in [3.05, 3.63) is 29.8 Å². The highest BCUT2D eigenvalue weighted by Crippen LogP contribution is 2.38. The van der Waals surface area contributed by atoms with Crippen LogP contribution in [0, 0.1) is 6.92 Å². The topological polar surface area (TPSA) is 77.9 Å². The highest BCUT2D eigenvalue weighted by molar-refractivity contribution is 8.00. The molecule has 0 spiro atoms. The van der Waals surface area contributed by atoms with Crippen LogP contribution in [0.1, 0.15) is 25.8 Å². The average molecular weight is 373 g/mol. The van der Waals surface area contributed by atoms with Crippen LogP contribution in [0.25, 0.3) is 0 Å². The summed E-state index contributed by atoms with van der Waals surface area (Å²) in [7, 11) is -2.61. The largest absolute Gasteiger partial charge is 0.286 e. The van der Waals surface area contributed by atoms with Crippen molar-refractivity contribution in [3.8, 4) is 0 Å². The Morgan fingerprint density at radius 2 is 1.92 bits per heavy atom. The fourth-order valence-corrected chi connectivity index (χ4v) is 5.82. The summed E-state index contributed by atoms with van der Waals surface area (Å²) in [5.74, 6) is 0.136. The maximum atomic E-state index is 13.1. The fourth-order valence-electron chi connectivity index (χ4n) is 2.81. The Morgan fingerprint density at radius 3 is 2.46 bits per heavy atom. The first-order valence-corrected chi connectivity index (χ1v) is 10.2. The third kappa shape index (κ3) is 3.77. The predicted molar refractivity (Wildman–Crippen MR) is 94.6 cm³/mol. The summed E-state index contributed by atoms with van der Waals surface area (Å²) in [6.45, 7) is 5.81. The van der Waals surface area contributed by atoms with Crippen molar-refractivity contribution in [1.82, 2.24) is 9.37 Å². The van der Waals surface area contributed by atoms with Gasteiger partial charge in [-0.3, -0.25) is 10.0 Å². The number of hydrogen-bond donors (Lipinski definition) is 1. The highest BCUT2D eigenvalue weighted by atomic mass is 32.2. The summed E-state index contributed by atoms with van der Waals surface area (Å²) < 4.78 is 26.9. The second-order valence-electron chi connectivity index (χ2n) is 6.50.